The van der Waals surface area contributed by atoms with Crippen LogP contribution >= 0.6 is 27.7 Å². The predicted octanol–water partition coefficient (Wildman–Crippen LogP) is 5.06. The van der Waals surface area contributed by atoms with Gasteiger partial charge in [-0.1, -0.05) is 41.4 Å². The van der Waals surface area contributed by atoms with Gasteiger partial charge in [-0.3, -0.25) is 0 Å². The highest BCUT2D eigenvalue weighted by Crippen LogP contribution is 2.41. The Balaban J connectivity index is 1.79. The molecule has 0 radical (unpaired) electrons. The van der Waals surface area contributed by atoms with E-state index in [1.165, 1.54) is 0 Å². The van der Waals surface area contributed by atoms with Gasteiger partial charge in [0.25, 0.3) is 0 Å². The average molecular weight is 456 g/mol. The number of sulfonamides is 1. The van der Waals surface area contributed by atoms with Crippen LogP contribution in [0.3, 0.4) is 0 Å². The normalized spacial score (nSPS) is 18.2. The van der Waals surface area contributed by atoms with E-state index in [1.807, 2.05) is 24.3 Å². The molecule has 2 aromatic rings. The Bertz CT molecular complexity index is 823. The second kappa shape index (κ2) is 8.78. The smallest absolute Gasteiger partial charge is 0.244 e. The minimum atomic E-state index is -3.54. The average Bonchev–Trinajstić information content (AvgIpc) is 3.14. The molecule has 1 atom stereocenters. The third-order valence-electron chi connectivity index (χ3n) is 4.20. The van der Waals surface area contributed by atoms with E-state index in [2.05, 4.69) is 22.9 Å². The fraction of sp³-hybridized carbons (Fsp3) is 0.368. The Hall–Kier alpha value is -1.02. The number of hydrogen-bond acceptors (Lipinski definition) is 4. The summed E-state index contributed by atoms with van der Waals surface area (Å²) in [4.78, 5) is 0.310. The first kappa shape index (κ1) is 19.7. The van der Waals surface area contributed by atoms with Crippen LogP contribution < -0.4 is 4.74 Å². The molecule has 1 fully saturated rings. The van der Waals surface area contributed by atoms with Crippen LogP contribution in [0.15, 0.2) is 57.9 Å². The highest BCUT2D eigenvalue weighted by molar-refractivity contribution is 9.10. The summed E-state index contributed by atoms with van der Waals surface area (Å²) in [7, 11) is -3.54. The van der Waals surface area contributed by atoms with Gasteiger partial charge in [-0.05, 0) is 48.4 Å². The summed E-state index contributed by atoms with van der Waals surface area (Å²) in [5.74, 6) is 1.50. The summed E-state index contributed by atoms with van der Waals surface area (Å²) in [6.45, 7) is 3.27. The lowest BCUT2D eigenvalue weighted by Gasteiger charge is -2.23. The topological polar surface area (TPSA) is 46.6 Å². The van der Waals surface area contributed by atoms with Crippen molar-refractivity contribution in [2.45, 2.75) is 30.0 Å². The van der Waals surface area contributed by atoms with Crippen molar-refractivity contribution in [3.05, 3.63) is 58.6 Å². The van der Waals surface area contributed by atoms with Crippen LogP contribution in [-0.2, 0) is 10.0 Å². The van der Waals surface area contributed by atoms with Gasteiger partial charge in [0, 0.05) is 16.8 Å². The first-order valence-electron chi connectivity index (χ1n) is 8.64. The largest absolute Gasteiger partial charge is 0.494 e. The monoisotopic (exact) mass is 455 g/mol. The molecule has 0 saturated carbocycles. The zero-order valence-corrected chi connectivity index (χ0v) is 17.8. The Labute approximate surface area is 168 Å². The van der Waals surface area contributed by atoms with Crippen molar-refractivity contribution in [1.29, 1.82) is 0 Å². The third kappa shape index (κ3) is 4.44. The molecule has 0 aromatic heterocycles. The zero-order valence-electron chi connectivity index (χ0n) is 14.6. The van der Waals surface area contributed by atoms with Gasteiger partial charge in [0.05, 0.1) is 16.9 Å². The van der Waals surface area contributed by atoms with Gasteiger partial charge in [0.1, 0.15) is 5.75 Å². The summed E-state index contributed by atoms with van der Waals surface area (Å²) >= 11 is 5.08. The van der Waals surface area contributed by atoms with Gasteiger partial charge >= 0.3 is 0 Å². The lowest BCUT2D eigenvalue weighted by Crippen LogP contribution is -2.30. The first-order valence-corrected chi connectivity index (χ1v) is 11.9. The SMILES string of the molecule is CCCCOc1ccc(S(=O)(=O)N2CCS[C@@H]2c2ccc(Br)cc2)cc1. The molecule has 140 valence electrons. The number of benzene rings is 2. The highest BCUT2D eigenvalue weighted by atomic mass is 79.9. The molecule has 0 spiro atoms. The minimum Gasteiger partial charge on any atom is -0.494 e. The number of ether oxygens (including phenoxy) is 1. The molecular formula is C19H22BrNO3S2. The Morgan fingerprint density at radius 3 is 2.50 bits per heavy atom. The van der Waals surface area contributed by atoms with Crippen LogP contribution in [0.1, 0.15) is 30.7 Å². The number of nitrogens with zero attached hydrogens (tertiary/aromatic N) is 1. The number of halogens is 1. The van der Waals surface area contributed by atoms with Crippen LogP contribution in [0.5, 0.6) is 5.75 Å². The second-order valence-corrected chi connectivity index (χ2v) is 10.1. The second-order valence-electron chi connectivity index (χ2n) is 6.06. The fourth-order valence-electron chi connectivity index (χ4n) is 2.77. The van der Waals surface area contributed by atoms with Crippen LogP contribution in [0.2, 0.25) is 0 Å². The summed E-state index contributed by atoms with van der Waals surface area (Å²) < 4.78 is 34.4. The van der Waals surface area contributed by atoms with Gasteiger partial charge in [0.15, 0.2) is 0 Å². The Morgan fingerprint density at radius 1 is 1.15 bits per heavy atom. The number of unbranched alkanes of at least 4 members (excludes halogenated alkanes) is 1. The lowest BCUT2D eigenvalue weighted by molar-refractivity contribution is 0.309. The van der Waals surface area contributed by atoms with Gasteiger partial charge in [-0.25, -0.2) is 8.42 Å². The van der Waals surface area contributed by atoms with E-state index in [0.717, 1.165) is 28.6 Å². The molecule has 3 rings (SSSR count). The van der Waals surface area contributed by atoms with E-state index in [0.29, 0.717) is 23.8 Å². The minimum absolute atomic E-state index is 0.186. The van der Waals surface area contributed by atoms with Crippen LogP contribution in [0.4, 0.5) is 0 Å². The molecule has 1 saturated heterocycles. The molecule has 0 unspecified atom stereocenters. The van der Waals surface area contributed by atoms with Crippen molar-refractivity contribution < 1.29 is 13.2 Å². The standard InChI is InChI=1S/C19H22BrNO3S2/c1-2-3-13-24-17-8-10-18(11-9-17)26(22,23)21-12-14-25-19(21)15-4-6-16(20)7-5-15/h4-11,19H,2-3,12-14H2,1H3/t19-/m1/s1. The number of hydrogen-bond donors (Lipinski definition) is 0. The maximum absolute atomic E-state index is 13.1. The van der Waals surface area contributed by atoms with Crippen LogP contribution in [0, 0.1) is 0 Å². The van der Waals surface area contributed by atoms with E-state index >= 15 is 0 Å². The quantitative estimate of drug-likeness (QED) is 0.547. The summed E-state index contributed by atoms with van der Waals surface area (Å²) in [6.07, 6.45) is 2.05. The van der Waals surface area contributed by atoms with Gasteiger partial charge in [-0.15, -0.1) is 11.8 Å². The van der Waals surface area contributed by atoms with E-state index in [9.17, 15) is 8.42 Å². The molecule has 1 aliphatic heterocycles. The van der Waals surface area contributed by atoms with Crippen molar-refractivity contribution in [2.24, 2.45) is 0 Å². The highest BCUT2D eigenvalue weighted by Gasteiger charge is 2.36. The maximum Gasteiger partial charge on any atom is 0.244 e. The molecular weight excluding hydrogens is 434 g/mol. The van der Waals surface area contributed by atoms with E-state index < -0.39 is 10.0 Å². The van der Waals surface area contributed by atoms with Crippen molar-refractivity contribution in [3.8, 4) is 5.75 Å². The molecule has 7 heteroatoms. The van der Waals surface area contributed by atoms with E-state index in [1.54, 1.807) is 40.3 Å². The van der Waals surface area contributed by atoms with Crippen LogP contribution in [0.25, 0.3) is 0 Å². The molecule has 0 amide bonds. The van der Waals surface area contributed by atoms with Crippen LogP contribution in [-0.4, -0.2) is 31.6 Å². The molecule has 26 heavy (non-hydrogen) atoms. The maximum atomic E-state index is 13.1. The molecule has 1 heterocycles. The fourth-order valence-corrected chi connectivity index (χ4v) is 6.27. The van der Waals surface area contributed by atoms with Crippen molar-refractivity contribution in [2.75, 3.05) is 18.9 Å². The summed E-state index contributed by atoms with van der Waals surface area (Å²) in [5.41, 5.74) is 0.999. The van der Waals surface area contributed by atoms with Crippen molar-refractivity contribution >= 4 is 37.7 Å². The van der Waals surface area contributed by atoms with Crippen molar-refractivity contribution in [1.82, 2.24) is 4.31 Å². The van der Waals surface area contributed by atoms with E-state index in [-0.39, 0.29) is 5.37 Å². The van der Waals surface area contributed by atoms with Gasteiger partial charge in [0.2, 0.25) is 10.0 Å². The van der Waals surface area contributed by atoms with E-state index in [4.69, 9.17) is 4.74 Å². The predicted molar refractivity (Wildman–Crippen MR) is 110 cm³/mol. The summed E-state index contributed by atoms with van der Waals surface area (Å²) in [6, 6.07) is 14.6. The Morgan fingerprint density at radius 2 is 1.85 bits per heavy atom. The van der Waals surface area contributed by atoms with Crippen molar-refractivity contribution in [3.63, 3.8) is 0 Å². The molecule has 2 aromatic carbocycles. The molecule has 1 aliphatic rings. The molecule has 0 bridgehead atoms. The first-order chi connectivity index (χ1) is 12.5. The Kier molecular flexibility index (Phi) is 6.66. The number of thioether (sulfide) groups is 1. The molecule has 0 aliphatic carbocycles. The third-order valence-corrected chi connectivity index (χ3v) is 8.00. The number of rotatable bonds is 7. The molecule has 4 nitrogen and oxygen atoms in total. The summed E-state index contributed by atoms with van der Waals surface area (Å²) in [5, 5.41) is -0.186. The van der Waals surface area contributed by atoms with Gasteiger partial charge < -0.3 is 4.74 Å². The van der Waals surface area contributed by atoms with Gasteiger partial charge in [-0.2, -0.15) is 4.31 Å². The zero-order chi connectivity index (χ0) is 18.6. The lowest BCUT2D eigenvalue weighted by atomic mass is 10.2. The molecule has 0 N–H and O–H groups in total.